The summed E-state index contributed by atoms with van der Waals surface area (Å²) in [5.74, 6) is 0.793. The highest BCUT2D eigenvalue weighted by Crippen LogP contribution is 2.15. The summed E-state index contributed by atoms with van der Waals surface area (Å²) < 4.78 is 5.72. The van der Waals surface area contributed by atoms with Gasteiger partial charge in [-0.2, -0.15) is 0 Å². The lowest BCUT2D eigenvalue weighted by molar-refractivity contribution is 0.194. The molecule has 2 N–H and O–H groups in total. The number of nitrogens with one attached hydrogen (secondary N) is 1. The minimum atomic E-state index is -0.999. The second kappa shape index (κ2) is 7.19. The van der Waals surface area contributed by atoms with Crippen LogP contribution in [0.25, 0.3) is 0 Å². The Morgan fingerprint density at radius 1 is 1.05 bits per heavy atom. The van der Waals surface area contributed by atoms with Gasteiger partial charge in [-0.3, -0.25) is 0 Å². The summed E-state index contributed by atoms with van der Waals surface area (Å²) in [6.07, 6.45) is -0.351. The van der Waals surface area contributed by atoms with Crippen LogP contribution in [0.3, 0.4) is 0 Å². The van der Waals surface area contributed by atoms with Crippen LogP contribution in [-0.4, -0.2) is 17.7 Å². The fourth-order valence-electron chi connectivity index (χ4n) is 1.85. The second-order valence-electron chi connectivity index (χ2n) is 4.40. The maximum Gasteiger partial charge on any atom is 0.404 e. The van der Waals surface area contributed by atoms with Crippen molar-refractivity contribution in [2.75, 3.05) is 6.54 Å². The zero-order valence-corrected chi connectivity index (χ0v) is 11.1. The minimum Gasteiger partial charge on any atom is -0.489 e. The normalized spacial score (nSPS) is 10.0. The average Bonchev–Trinajstić information content (AvgIpc) is 2.46. The Morgan fingerprint density at radius 3 is 2.55 bits per heavy atom. The quantitative estimate of drug-likeness (QED) is 0.848. The molecule has 104 valence electrons. The van der Waals surface area contributed by atoms with Crippen LogP contribution in [0.1, 0.15) is 11.1 Å². The van der Waals surface area contributed by atoms with Gasteiger partial charge in [-0.1, -0.05) is 42.5 Å². The first kappa shape index (κ1) is 13.9. The van der Waals surface area contributed by atoms with Gasteiger partial charge in [-0.25, -0.2) is 4.79 Å². The van der Waals surface area contributed by atoms with E-state index in [4.69, 9.17) is 9.84 Å². The van der Waals surface area contributed by atoms with E-state index in [1.807, 2.05) is 54.6 Å². The van der Waals surface area contributed by atoms with Crippen molar-refractivity contribution in [3.8, 4) is 5.75 Å². The number of rotatable bonds is 6. The van der Waals surface area contributed by atoms with E-state index in [0.717, 1.165) is 16.9 Å². The predicted octanol–water partition coefficient (Wildman–Crippen LogP) is 3.08. The monoisotopic (exact) mass is 271 g/mol. The van der Waals surface area contributed by atoms with Crippen molar-refractivity contribution in [2.24, 2.45) is 0 Å². The Labute approximate surface area is 118 Å². The number of amides is 1. The van der Waals surface area contributed by atoms with Crippen molar-refractivity contribution in [1.29, 1.82) is 0 Å². The number of benzene rings is 2. The van der Waals surface area contributed by atoms with Gasteiger partial charge in [-0.05, 0) is 29.7 Å². The third-order valence-corrected chi connectivity index (χ3v) is 2.84. The Morgan fingerprint density at radius 2 is 1.80 bits per heavy atom. The maximum atomic E-state index is 10.4. The Hall–Kier alpha value is -2.49. The van der Waals surface area contributed by atoms with Gasteiger partial charge in [0, 0.05) is 6.54 Å². The molecular formula is C16H17NO3. The molecule has 2 rings (SSSR count). The lowest BCUT2D eigenvalue weighted by Crippen LogP contribution is -2.23. The molecule has 0 aromatic heterocycles. The molecule has 0 atom stereocenters. The highest BCUT2D eigenvalue weighted by atomic mass is 16.5. The van der Waals surface area contributed by atoms with Crippen molar-refractivity contribution in [2.45, 2.75) is 13.0 Å². The highest BCUT2D eigenvalue weighted by molar-refractivity contribution is 5.64. The summed E-state index contributed by atoms with van der Waals surface area (Å²) >= 11 is 0. The average molecular weight is 271 g/mol. The summed E-state index contributed by atoms with van der Waals surface area (Å²) in [6.45, 7) is 0.926. The smallest absolute Gasteiger partial charge is 0.404 e. The first-order valence-electron chi connectivity index (χ1n) is 6.46. The van der Waals surface area contributed by atoms with E-state index in [2.05, 4.69) is 5.32 Å². The molecule has 0 saturated carbocycles. The molecule has 4 heteroatoms. The van der Waals surface area contributed by atoms with Gasteiger partial charge in [0.05, 0.1) is 0 Å². The molecule has 0 aliphatic heterocycles. The van der Waals surface area contributed by atoms with Crippen LogP contribution < -0.4 is 10.1 Å². The van der Waals surface area contributed by atoms with Crippen LogP contribution in [0.4, 0.5) is 4.79 Å². The van der Waals surface area contributed by atoms with E-state index in [9.17, 15) is 4.79 Å². The van der Waals surface area contributed by atoms with Gasteiger partial charge in [0.15, 0.2) is 0 Å². The van der Waals surface area contributed by atoms with Crippen LogP contribution in [0, 0.1) is 0 Å². The van der Waals surface area contributed by atoms with Crippen molar-refractivity contribution in [3.63, 3.8) is 0 Å². The first-order valence-corrected chi connectivity index (χ1v) is 6.46. The van der Waals surface area contributed by atoms with E-state index in [1.54, 1.807) is 0 Å². The molecule has 0 spiro atoms. The molecule has 0 heterocycles. The van der Waals surface area contributed by atoms with E-state index in [0.29, 0.717) is 19.6 Å². The third kappa shape index (κ3) is 4.65. The van der Waals surface area contributed by atoms with Crippen molar-refractivity contribution in [3.05, 3.63) is 65.7 Å². The first-order chi connectivity index (χ1) is 9.74. The van der Waals surface area contributed by atoms with Gasteiger partial charge in [-0.15, -0.1) is 0 Å². The lowest BCUT2D eigenvalue weighted by atomic mass is 10.1. The number of carbonyl (C=O) groups is 1. The van der Waals surface area contributed by atoms with Crippen molar-refractivity contribution < 1.29 is 14.6 Å². The van der Waals surface area contributed by atoms with E-state index < -0.39 is 6.09 Å². The number of carboxylic acid groups (broad SMARTS) is 1. The summed E-state index contributed by atoms with van der Waals surface area (Å²) in [7, 11) is 0. The maximum absolute atomic E-state index is 10.4. The molecule has 1 amide bonds. The van der Waals surface area contributed by atoms with E-state index >= 15 is 0 Å². The van der Waals surface area contributed by atoms with Crippen LogP contribution in [-0.2, 0) is 13.0 Å². The van der Waals surface area contributed by atoms with Crippen molar-refractivity contribution >= 4 is 6.09 Å². The molecule has 4 nitrogen and oxygen atoms in total. The summed E-state index contributed by atoms with van der Waals surface area (Å²) in [6, 6.07) is 17.7. The standard InChI is InChI=1S/C16H17NO3/c18-16(19)17-10-9-13-7-4-8-15(11-13)20-12-14-5-2-1-3-6-14/h1-8,11,17H,9-10,12H2,(H,18,19). The van der Waals surface area contributed by atoms with Gasteiger partial charge in [0.1, 0.15) is 12.4 Å². The zero-order valence-electron chi connectivity index (χ0n) is 11.1. The third-order valence-electron chi connectivity index (χ3n) is 2.84. The highest BCUT2D eigenvalue weighted by Gasteiger charge is 1.99. The van der Waals surface area contributed by atoms with Gasteiger partial charge in [0.2, 0.25) is 0 Å². The topological polar surface area (TPSA) is 58.6 Å². The van der Waals surface area contributed by atoms with Crippen molar-refractivity contribution in [1.82, 2.24) is 5.32 Å². The molecule has 2 aromatic rings. The molecule has 0 fully saturated rings. The molecule has 20 heavy (non-hydrogen) atoms. The fourth-order valence-corrected chi connectivity index (χ4v) is 1.85. The van der Waals surface area contributed by atoms with Crippen LogP contribution in [0.15, 0.2) is 54.6 Å². The molecule has 0 aliphatic rings. The van der Waals surface area contributed by atoms with Crippen LogP contribution in [0.2, 0.25) is 0 Å². The van der Waals surface area contributed by atoms with E-state index in [1.165, 1.54) is 0 Å². The lowest BCUT2D eigenvalue weighted by Gasteiger charge is -2.08. The molecule has 0 aliphatic carbocycles. The Balaban J connectivity index is 1.87. The summed E-state index contributed by atoms with van der Waals surface area (Å²) in [5, 5.41) is 10.9. The second-order valence-corrected chi connectivity index (χ2v) is 4.40. The largest absolute Gasteiger partial charge is 0.489 e. The van der Waals surface area contributed by atoms with Gasteiger partial charge >= 0.3 is 6.09 Å². The van der Waals surface area contributed by atoms with Crippen LogP contribution in [0.5, 0.6) is 5.75 Å². The molecular weight excluding hydrogens is 254 g/mol. The summed E-state index contributed by atoms with van der Waals surface area (Å²) in [5.41, 5.74) is 2.16. The number of hydrogen-bond acceptors (Lipinski definition) is 2. The SMILES string of the molecule is O=C(O)NCCc1cccc(OCc2ccccc2)c1. The molecule has 0 saturated heterocycles. The van der Waals surface area contributed by atoms with E-state index in [-0.39, 0.29) is 0 Å². The molecule has 0 unspecified atom stereocenters. The summed E-state index contributed by atoms with van der Waals surface area (Å²) in [4.78, 5) is 10.4. The molecule has 0 radical (unpaired) electrons. The molecule has 2 aromatic carbocycles. The minimum absolute atomic E-state index is 0.400. The van der Waals surface area contributed by atoms with Gasteiger partial charge < -0.3 is 15.2 Å². The zero-order chi connectivity index (χ0) is 14.2. The van der Waals surface area contributed by atoms with Crippen LogP contribution >= 0.6 is 0 Å². The van der Waals surface area contributed by atoms with Gasteiger partial charge in [0.25, 0.3) is 0 Å². The number of ether oxygens (including phenoxy) is 1. The molecule has 0 bridgehead atoms. The predicted molar refractivity (Wildman–Crippen MR) is 76.9 cm³/mol. The number of hydrogen-bond donors (Lipinski definition) is 2. The fraction of sp³-hybridized carbons (Fsp3) is 0.188. The Bertz CT molecular complexity index is 555. The Kier molecular flexibility index (Phi) is 5.00.